The van der Waals surface area contributed by atoms with E-state index in [1.807, 2.05) is 30.8 Å². The maximum absolute atomic E-state index is 11.0. The van der Waals surface area contributed by atoms with Gasteiger partial charge in [-0.2, -0.15) is 0 Å². The molecular weight excluding hydrogens is 236 g/mol. The van der Waals surface area contributed by atoms with E-state index in [4.69, 9.17) is 5.11 Å². The molecule has 0 amide bonds. The highest BCUT2D eigenvalue weighted by Crippen LogP contribution is 2.20. The molecule has 0 aliphatic carbocycles. The Bertz CT molecular complexity index is 569. The van der Waals surface area contributed by atoms with Crippen LogP contribution in [0.2, 0.25) is 0 Å². The van der Waals surface area contributed by atoms with Crippen LogP contribution < -0.4 is 0 Å². The summed E-state index contributed by atoms with van der Waals surface area (Å²) in [6.45, 7) is 6.43. The second kappa shape index (κ2) is 4.33. The summed E-state index contributed by atoms with van der Waals surface area (Å²) < 4.78 is 2.02. The fraction of sp³-hybridized carbons (Fsp3) is 0.333. The van der Waals surface area contributed by atoms with Gasteiger partial charge in [-0.05, 0) is 26.8 Å². The van der Waals surface area contributed by atoms with Crippen LogP contribution in [0.25, 0.3) is 0 Å². The highest BCUT2D eigenvalue weighted by atomic mass is 32.1. The van der Waals surface area contributed by atoms with Gasteiger partial charge in [0.05, 0.1) is 23.3 Å². The first kappa shape index (κ1) is 11.9. The van der Waals surface area contributed by atoms with Crippen molar-refractivity contribution in [2.45, 2.75) is 27.3 Å². The Morgan fingerprint density at radius 2 is 2.18 bits per heavy atom. The molecule has 2 aromatic rings. The van der Waals surface area contributed by atoms with E-state index in [0.29, 0.717) is 12.1 Å². The summed E-state index contributed by atoms with van der Waals surface area (Å²) in [6.07, 6.45) is 0. The lowest BCUT2D eigenvalue weighted by Crippen LogP contribution is -2.05. The summed E-state index contributed by atoms with van der Waals surface area (Å²) in [7, 11) is 0. The van der Waals surface area contributed by atoms with E-state index >= 15 is 0 Å². The van der Waals surface area contributed by atoms with Crippen LogP contribution in [0.15, 0.2) is 11.6 Å². The molecule has 5 heteroatoms. The number of nitrogens with zero attached hydrogens (tertiary/aromatic N) is 2. The molecule has 0 atom stereocenters. The molecule has 2 aromatic heterocycles. The van der Waals surface area contributed by atoms with E-state index in [-0.39, 0.29) is 0 Å². The van der Waals surface area contributed by atoms with Gasteiger partial charge in [0, 0.05) is 16.3 Å². The van der Waals surface area contributed by atoms with Crippen molar-refractivity contribution in [3.8, 4) is 0 Å². The van der Waals surface area contributed by atoms with E-state index in [2.05, 4.69) is 4.98 Å². The van der Waals surface area contributed by atoms with Crippen molar-refractivity contribution in [1.82, 2.24) is 9.55 Å². The third-order valence-electron chi connectivity index (χ3n) is 2.95. The number of carboxylic acid groups (broad SMARTS) is 1. The van der Waals surface area contributed by atoms with Gasteiger partial charge in [-0.3, -0.25) is 0 Å². The summed E-state index contributed by atoms with van der Waals surface area (Å²) in [5.41, 5.74) is 4.97. The molecule has 1 N–H and O–H groups in total. The first-order valence-electron chi connectivity index (χ1n) is 5.29. The quantitative estimate of drug-likeness (QED) is 0.911. The second-order valence-corrected chi connectivity index (χ2v) is 4.98. The lowest BCUT2D eigenvalue weighted by atomic mass is 10.2. The fourth-order valence-corrected chi connectivity index (χ4v) is 2.65. The zero-order valence-corrected chi connectivity index (χ0v) is 10.8. The molecule has 90 valence electrons. The molecule has 0 fully saturated rings. The van der Waals surface area contributed by atoms with Crippen LogP contribution in [0.4, 0.5) is 0 Å². The van der Waals surface area contributed by atoms with Crippen LogP contribution >= 0.6 is 11.3 Å². The molecule has 0 saturated heterocycles. The lowest BCUT2D eigenvalue weighted by molar-refractivity contribution is 0.0696. The largest absolute Gasteiger partial charge is 0.478 e. The van der Waals surface area contributed by atoms with Crippen molar-refractivity contribution >= 4 is 17.3 Å². The van der Waals surface area contributed by atoms with Gasteiger partial charge in [-0.25, -0.2) is 9.78 Å². The fourth-order valence-electron chi connectivity index (χ4n) is 1.88. The molecule has 0 radical (unpaired) electrons. The molecule has 17 heavy (non-hydrogen) atoms. The summed E-state index contributed by atoms with van der Waals surface area (Å²) in [6, 6.07) is 1.72. The number of carbonyl (C=O) groups is 1. The van der Waals surface area contributed by atoms with Crippen LogP contribution in [0.3, 0.4) is 0 Å². The van der Waals surface area contributed by atoms with Gasteiger partial charge in [0.2, 0.25) is 0 Å². The average molecular weight is 250 g/mol. The third kappa shape index (κ3) is 2.10. The van der Waals surface area contributed by atoms with E-state index in [9.17, 15) is 4.79 Å². The number of carboxylic acids is 1. The Morgan fingerprint density at radius 1 is 1.47 bits per heavy atom. The number of rotatable bonds is 3. The van der Waals surface area contributed by atoms with E-state index in [0.717, 1.165) is 17.1 Å². The Kier molecular flexibility index (Phi) is 3.02. The molecule has 0 unspecified atom stereocenters. The minimum Gasteiger partial charge on any atom is -0.478 e. The molecule has 2 rings (SSSR count). The van der Waals surface area contributed by atoms with Gasteiger partial charge < -0.3 is 9.67 Å². The predicted octanol–water partition coefficient (Wildman–Crippen LogP) is 2.62. The van der Waals surface area contributed by atoms with Crippen molar-refractivity contribution in [3.05, 3.63) is 39.1 Å². The van der Waals surface area contributed by atoms with E-state index in [1.165, 1.54) is 4.88 Å². The van der Waals surface area contributed by atoms with Crippen LogP contribution in [0.1, 0.15) is 32.3 Å². The number of aromatic nitrogens is 2. The smallest absolute Gasteiger partial charge is 0.337 e. The second-order valence-electron chi connectivity index (χ2n) is 4.04. The zero-order chi connectivity index (χ0) is 12.6. The summed E-state index contributed by atoms with van der Waals surface area (Å²) in [5, 5.41) is 9.06. The zero-order valence-electron chi connectivity index (χ0n) is 10.0. The monoisotopic (exact) mass is 250 g/mol. The maximum atomic E-state index is 11.0. The molecule has 0 saturated carbocycles. The van der Waals surface area contributed by atoms with Crippen molar-refractivity contribution in [3.63, 3.8) is 0 Å². The maximum Gasteiger partial charge on any atom is 0.337 e. The van der Waals surface area contributed by atoms with Crippen molar-refractivity contribution in [2.75, 3.05) is 0 Å². The van der Waals surface area contributed by atoms with Crippen LogP contribution in [0.5, 0.6) is 0 Å². The number of aromatic carboxylic acids is 1. The van der Waals surface area contributed by atoms with E-state index in [1.54, 1.807) is 17.4 Å². The van der Waals surface area contributed by atoms with Gasteiger partial charge in [0.1, 0.15) is 0 Å². The Hall–Kier alpha value is -1.62. The Morgan fingerprint density at radius 3 is 2.65 bits per heavy atom. The Balaban J connectivity index is 2.40. The summed E-state index contributed by atoms with van der Waals surface area (Å²) in [4.78, 5) is 16.4. The molecule has 0 spiro atoms. The first-order chi connectivity index (χ1) is 8.00. The van der Waals surface area contributed by atoms with E-state index < -0.39 is 5.97 Å². The molecular formula is C12H14N2O2S. The first-order valence-corrected chi connectivity index (χ1v) is 6.17. The third-order valence-corrected chi connectivity index (χ3v) is 3.87. The SMILES string of the molecule is Cc1ncsc1Cn1c(C)cc(C(=O)O)c1C. The highest BCUT2D eigenvalue weighted by molar-refractivity contribution is 7.09. The van der Waals surface area contributed by atoms with Gasteiger partial charge in [-0.15, -0.1) is 11.3 Å². The van der Waals surface area contributed by atoms with Crippen LogP contribution in [-0.2, 0) is 6.54 Å². The van der Waals surface area contributed by atoms with Gasteiger partial charge in [0.25, 0.3) is 0 Å². The molecule has 0 aromatic carbocycles. The number of hydrogen-bond donors (Lipinski definition) is 1. The van der Waals surface area contributed by atoms with Gasteiger partial charge >= 0.3 is 5.97 Å². The number of hydrogen-bond acceptors (Lipinski definition) is 3. The average Bonchev–Trinajstić information content (AvgIpc) is 2.77. The van der Waals surface area contributed by atoms with Crippen molar-refractivity contribution < 1.29 is 9.90 Å². The molecule has 2 heterocycles. The minimum absolute atomic E-state index is 0.379. The highest BCUT2D eigenvalue weighted by Gasteiger charge is 2.15. The number of thiazole rings is 1. The van der Waals surface area contributed by atoms with Crippen molar-refractivity contribution in [2.24, 2.45) is 0 Å². The number of aryl methyl sites for hydroxylation is 2. The Labute approximate surface area is 104 Å². The standard InChI is InChI=1S/C12H14N2O2S/c1-7-4-10(12(15)16)9(3)14(7)5-11-8(2)13-6-17-11/h4,6H,5H2,1-3H3,(H,15,16). The van der Waals surface area contributed by atoms with Gasteiger partial charge in [0.15, 0.2) is 0 Å². The molecule has 4 nitrogen and oxygen atoms in total. The topological polar surface area (TPSA) is 55.1 Å². The predicted molar refractivity (Wildman–Crippen MR) is 66.8 cm³/mol. The van der Waals surface area contributed by atoms with Crippen molar-refractivity contribution in [1.29, 1.82) is 0 Å². The summed E-state index contributed by atoms with van der Waals surface area (Å²) >= 11 is 1.60. The molecule has 0 bridgehead atoms. The normalized spacial score (nSPS) is 10.8. The molecule has 0 aliphatic heterocycles. The van der Waals surface area contributed by atoms with Crippen LogP contribution in [-0.4, -0.2) is 20.6 Å². The van der Waals surface area contributed by atoms with Crippen LogP contribution in [0, 0.1) is 20.8 Å². The lowest BCUT2D eigenvalue weighted by Gasteiger charge is -2.08. The summed E-state index contributed by atoms with van der Waals surface area (Å²) in [5.74, 6) is -0.870. The molecule has 0 aliphatic rings. The minimum atomic E-state index is -0.870. The van der Waals surface area contributed by atoms with Gasteiger partial charge in [-0.1, -0.05) is 0 Å².